The van der Waals surface area contributed by atoms with Gasteiger partial charge in [0.15, 0.2) is 11.5 Å². The van der Waals surface area contributed by atoms with Crippen LogP contribution < -0.4 is 9.47 Å². The number of methoxy groups -OCH3 is 2. The molecule has 26 heavy (non-hydrogen) atoms. The zero-order valence-corrected chi connectivity index (χ0v) is 16.3. The molecule has 1 aliphatic heterocycles. The van der Waals surface area contributed by atoms with Gasteiger partial charge in [0, 0.05) is 33.1 Å². The number of sulfonamides is 1. The lowest BCUT2D eigenvalue weighted by Crippen LogP contribution is -2.34. The molecule has 1 amide bonds. The van der Waals surface area contributed by atoms with E-state index < -0.39 is 22.0 Å². The topological polar surface area (TPSA) is 96.4 Å². The smallest absolute Gasteiger partial charge is 0.227 e. The normalized spacial score (nSPS) is 20.5. The zero-order valence-electron chi connectivity index (χ0n) is 15.5. The first-order valence-electron chi connectivity index (χ1n) is 8.25. The van der Waals surface area contributed by atoms with Gasteiger partial charge < -0.3 is 19.5 Å². The summed E-state index contributed by atoms with van der Waals surface area (Å²) in [6, 6.07) is 5.24. The first-order chi connectivity index (χ1) is 12.2. The summed E-state index contributed by atoms with van der Waals surface area (Å²) in [4.78, 5) is 14.1. The monoisotopic (exact) mass is 386 g/mol. The second kappa shape index (κ2) is 8.24. The molecule has 1 fully saturated rings. The standard InChI is InChI=1S/C17H26N2O6S/c1-18(2)26(22,23)11-13-9-19(10-14(13)20)17(21)8-12-5-6-15(24-3)16(7-12)25-4/h5-7,13-14,20H,8-11H2,1-4H3/t13-,14+/m0/s1. The van der Waals surface area contributed by atoms with E-state index in [2.05, 4.69) is 0 Å². The number of ether oxygens (including phenoxy) is 2. The fraction of sp³-hybridized carbons (Fsp3) is 0.588. The van der Waals surface area contributed by atoms with Gasteiger partial charge in [0.25, 0.3) is 0 Å². The highest BCUT2D eigenvalue weighted by Gasteiger charge is 2.37. The number of aliphatic hydroxyl groups is 1. The Balaban J connectivity index is 2.03. The van der Waals surface area contributed by atoms with Gasteiger partial charge in [0.05, 0.1) is 32.5 Å². The van der Waals surface area contributed by atoms with Gasteiger partial charge >= 0.3 is 0 Å². The van der Waals surface area contributed by atoms with Crippen LogP contribution in [0.4, 0.5) is 0 Å². The molecule has 0 spiro atoms. The Morgan fingerprint density at radius 2 is 1.88 bits per heavy atom. The number of benzene rings is 1. The molecule has 1 N–H and O–H groups in total. The van der Waals surface area contributed by atoms with Crippen molar-refractivity contribution in [3.63, 3.8) is 0 Å². The predicted octanol–water partition coefficient (Wildman–Crippen LogP) is -0.0430. The number of likely N-dealkylation sites (tertiary alicyclic amines) is 1. The minimum atomic E-state index is -3.43. The number of rotatable bonds is 7. The minimum Gasteiger partial charge on any atom is -0.493 e. The van der Waals surface area contributed by atoms with E-state index in [4.69, 9.17) is 9.47 Å². The van der Waals surface area contributed by atoms with Crippen LogP contribution in [0.1, 0.15) is 5.56 Å². The molecular formula is C17H26N2O6S. The number of nitrogens with zero attached hydrogens (tertiary/aromatic N) is 2. The van der Waals surface area contributed by atoms with Crippen molar-refractivity contribution < 1.29 is 27.8 Å². The molecule has 1 aliphatic rings. The summed E-state index contributed by atoms with van der Waals surface area (Å²) in [7, 11) is 2.54. The van der Waals surface area contributed by atoms with Crippen LogP contribution in [0.5, 0.6) is 11.5 Å². The quantitative estimate of drug-likeness (QED) is 0.706. The molecule has 9 heteroatoms. The molecule has 0 bridgehead atoms. The van der Waals surface area contributed by atoms with Crippen molar-refractivity contribution in [1.82, 2.24) is 9.21 Å². The molecular weight excluding hydrogens is 360 g/mol. The van der Waals surface area contributed by atoms with Crippen molar-refractivity contribution in [1.29, 1.82) is 0 Å². The fourth-order valence-electron chi connectivity index (χ4n) is 2.92. The molecule has 1 aromatic carbocycles. The Labute approximate surface area is 154 Å². The maximum atomic E-state index is 12.5. The molecule has 0 aromatic heterocycles. The minimum absolute atomic E-state index is 0.139. The van der Waals surface area contributed by atoms with Gasteiger partial charge in [0.2, 0.25) is 15.9 Å². The SMILES string of the molecule is COc1ccc(CC(=O)N2C[C@@H](CS(=O)(=O)N(C)C)[C@H](O)C2)cc1OC. The van der Waals surface area contributed by atoms with Crippen LogP contribution >= 0.6 is 0 Å². The summed E-state index contributed by atoms with van der Waals surface area (Å²) < 4.78 is 35.6. The summed E-state index contributed by atoms with van der Waals surface area (Å²) in [5.41, 5.74) is 0.756. The third-order valence-electron chi connectivity index (χ3n) is 4.54. The number of hydrogen-bond acceptors (Lipinski definition) is 6. The first-order valence-corrected chi connectivity index (χ1v) is 9.85. The van der Waals surface area contributed by atoms with E-state index >= 15 is 0 Å². The molecule has 1 aromatic rings. The zero-order chi connectivity index (χ0) is 19.5. The maximum absolute atomic E-state index is 12.5. The average molecular weight is 386 g/mol. The molecule has 2 rings (SSSR count). The van der Waals surface area contributed by atoms with Gasteiger partial charge in [-0.25, -0.2) is 12.7 Å². The lowest BCUT2D eigenvalue weighted by Gasteiger charge is -2.18. The van der Waals surface area contributed by atoms with Crippen molar-refractivity contribution >= 4 is 15.9 Å². The van der Waals surface area contributed by atoms with Crippen LogP contribution in [-0.4, -0.2) is 81.9 Å². The first kappa shape index (κ1) is 20.5. The van der Waals surface area contributed by atoms with Crippen LogP contribution in [0.25, 0.3) is 0 Å². The fourth-order valence-corrected chi connectivity index (χ4v) is 4.08. The lowest BCUT2D eigenvalue weighted by molar-refractivity contribution is -0.129. The van der Waals surface area contributed by atoms with Crippen molar-refractivity contribution in [3.8, 4) is 11.5 Å². The van der Waals surface area contributed by atoms with Crippen LogP contribution in [0.2, 0.25) is 0 Å². The lowest BCUT2D eigenvalue weighted by atomic mass is 10.1. The Hall–Kier alpha value is -1.84. The van der Waals surface area contributed by atoms with E-state index in [-0.39, 0.29) is 31.2 Å². The van der Waals surface area contributed by atoms with Crippen molar-refractivity contribution in [3.05, 3.63) is 23.8 Å². The maximum Gasteiger partial charge on any atom is 0.227 e. The second-order valence-electron chi connectivity index (χ2n) is 6.55. The average Bonchev–Trinajstić information content (AvgIpc) is 2.94. The van der Waals surface area contributed by atoms with E-state index in [9.17, 15) is 18.3 Å². The van der Waals surface area contributed by atoms with E-state index in [1.165, 1.54) is 33.2 Å². The van der Waals surface area contributed by atoms with Gasteiger partial charge in [-0.15, -0.1) is 0 Å². The van der Waals surface area contributed by atoms with Crippen molar-refractivity contribution in [2.24, 2.45) is 5.92 Å². The summed E-state index contributed by atoms with van der Waals surface area (Å²) in [5, 5.41) is 10.2. The largest absolute Gasteiger partial charge is 0.493 e. The number of amides is 1. The van der Waals surface area contributed by atoms with Crippen molar-refractivity contribution in [2.75, 3.05) is 47.2 Å². The number of carbonyl (C=O) groups excluding carboxylic acids is 1. The molecule has 2 atom stereocenters. The Bertz CT molecular complexity index is 750. The van der Waals surface area contributed by atoms with E-state index in [1.54, 1.807) is 18.2 Å². The van der Waals surface area contributed by atoms with E-state index in [0.717, 1.165) is 9.87 Å². The molecule has 8 nitrogen and oxygen atoms in total. The number of carbonyl (C=O) groups is 1. The van der Waals surface area contributed by atoms with Crippen LogP contribution in [0.3, 0.4) is 0 Å². The number of hydrogen-bond donors (Lipinski definition) is 1. The Morgan fingerprint density at radius 1 is 1.23 bits per heavy atom. The van der Waals surface area contributed by atoms with E-state index in [1.807, 2.05) is 0 Å². The Morgan fingerprint density at radius 3 is 2.46 bits per heavy atom. The van der Waals surface area contributed by atoms with Crippen molar-refractivity contribution in [2.45, 2.75) is 12.5 Å². The third kappa shape index (κ3) is 4.66. The second-order valence-corrected chi connectivity index (χ2v) is 8.78. The summed E-state index contributed by atoms with van der Waals surface area (Å²) in [6.45, 7) is 0.361. The molecule has 1 heterocycles. The molecule has 0 aliphatic carbocycles. The van der Waals surface area contributed by atoms with Gasteiger partial charge in [0.1, 0.15) is 0 Å². The molecule has 1 saturated heterocycles. The van der Waals surface area contributed by atoms with Gasteiger partial charge in [-0.3, -0.25) is 4.79 Å². The summed E-state index contributed by atoms with van der Waals surface area (Å²) in [6.07, 6.45) is -0.709. The number of aliphatic hydroxyl groups excluding tert-OH is 1. The highest BCUT2D eigenvalue weighted by Crippen LogP contribution is 2.28. The van der Waals surface area contributed by atoms with E-state index in [0.29, 0.717) is 11.5 Å². The highest BCUT2D eigenvalue weighted by atomic mass is 32.2. The van der Waals surface area contributed by atoms with Gasteiger partial charge in [-0.05, 0) is 17.7 Å². The summed E-state index contributed by atoms with van der Waals surface area (Å²) >= 11 is 0. The van der Waals surface area contributed by atoms with Crippen LogP contribution in [0, 0.1) is 5.92 Å². The molecule has 0 saturated carbocycles. The molecule has 0 unspecified atom stereocenters. The number of β-amino-alcohol motifs (C(OH)–C–C–N with tert-alkyl or cyclic N) is 1. The third-order valence-corrected chi connectivity index (χ3v) is 6.51. The highest BCUT2D eigenvalue weighted by molar-refractivity contribution is 7.89. The Kier molecular flexibility index (Phi) is 6.48. The van der Waals surface area contributed by atoms with Crippen LogP contribution in [0.15, 0.2) is 18.2 Å². The molecule has 0 radical (unpaired) electrons. The summed E-state index contributed by atoms with van der Waals surface area (Å²) in [5.74, 6) is 0.280. The van der Waals surface area contributed by atoms with Gasteiger partial charge in [-0.1, -0.05) is 6.07 Å². The van der Waals surface area contributed by atoms with Gasteiger partial charge in [-0.2, -0.15) is 0 Å². The van der Waals surface area contributed by atoms with Crippen LogP contribution in [-0.2, 0) is 21.2 Å². The predicted molar refractivity (Wildman–Crippen MR) is 96.8 cm³/mol. The molecule has 146 valence electrons.